The van der Waals surface area contributed by atoms with E-state index in [0.29, 0.717) is 6.54 Å². The highest BCUT2D eigenvalue weighted by Crippen LogP contribution is 2.36. The van der Waals surface area contributed by atoms with Crippen molar-refractivity contribution in [3.8, 4) is 0 Å². The maximum atomic E-state index is 13.0. The van der Waals surface area contributed by atoms with Crippen LogP contribution in [0.2, 0.25) is 0 Å². The molecule has 0 atom stereocenters. The average molecular weight is 275 g/mol. The number of nitrogens with two attached hydrogens (primary N) is 1. The highest BCUT2D eigenvalue weighted by atomic mass is 16.2. The number of likely N-dealkylation sites (N-methyl/N-ethyl adjacent to an activating group) is 1. The van der Waals surface area contributed by atoms with Crippen LogP contribution >= 0.6 is 0 Å². The van der Waals surface area contributed by atoms with Crippen LogP contribution < -0.4 is 15.5 Å². The van der Waals surface area contributed by atoms with Crippen molar-refractivity contribution in [2.75, 3.05) is 36.5 Å². The van der Waals surface area contributed by atoms with Crippen LogP contribution in [0.3, 0.4) is 0 Å². The number of carbonyl (C=O) groups excluding carboxylic acids is 1. The molecule has 0 aromatic heterocycles. The lowest BCUT2D eigenvalue weighted by Gasteiger charge is -2.40. The highest BCUT2D eigenvalue weighted by Gasteiger charge is 2.39. The molecular weight excluding hydrogens is 250 g/mol. The predicted molar refractivity (Wildman–Crippen MR) is 84.1 cm³/mol. The number of nitrogens with zero attached hydrogens (tertiary/aromatic N) is 2. The van der Waals surface area contributed by atoms with E-state index in [0.717, 1.165) is 37.3 Å². The van der Waals surface area contributed by atoms with E-state index in [9.17, 15) is 4.79 Å². The van der Waals surface area contributed by atoms with Crippen molar-refractivity contribution >= 4 is 17.3 Å². The lowest BCUT2D eigenvalue weighted by Crippen LogP contribution is -2.51. The summed E-state index contributed by atoms with van der Waals surface area (Å²) in [6.07, 6.45) is 1.57. The zero-order chi connectivity index (χ0) is 14.8. The number of fused-ring (bicyclic) bond motifs is 1. The Kier molecular flexibility index (Phi) is 4.33. The smallest absolute Gasteiger partial charge is 0.234 e. The van der Waals surface area contributed by atoms with E-state index >= 15 is 0 Å². The summed E-state index contributed by atoms with van der Waals surface area (Å²) in [5, 5.41) is 0. The predicted octanol–water partition coefficient (Wildman–Crippen LogP) is 2.23. The fraction of sp³-hybridized carbons (Fsp3) is 0.562. The molecule has 110 valence electrons. The minimum absolute atomic E-state index is 0.172. The Morgan fingerprint density at radius 3 is 2.35 bits per heavy atom. The van der Waals surface area contributed by atoms with Crippen molar-refractivity contribution in [3.05, 3.63) is 24.3 Å². The monoisotopic (exact) mass is 275 g/mol. The number of para-hydroxylation sites is 2. The molecule has 1 aromatic rings. The summed E-state index contributed by atoms with van der Waals surface area (Å²) < 4.78 is 0. The van der Waals surface area contributed by atoms with Gasteiger partial charge in [0.25, 0.3) is 0 Å². The standard InChI is InChI=1S/C16H25N3O/c1-4-16(5-2,12-17)15(20)19-11-10-18(3)13-8-6-7-9-14(13)19/h6-9H,4-5,10-12,17H2,1-3H3. The van der Waals surface area contributed by atoms with Crippen molar-refractivity contribution in [2.45, 2.75) is 26.7 Å². The molecule has 4 nitrogen and oxygen atoms in total. The van der Waals surface area contributed by atoms with Gasteiger partial charge in [0.15, 0.2) is 0 Å². The number of amides is 1. The summed E-state index contributed by atoms with van der Waals surface area (Å²) in [7, 11) is 2.07. The number of rotatable bonds is 4. The van der Waals surface area contributed by atoms with E-state index in [1.807, 2.05) is 23.1 Å². The summed E-state index contributed by atoms with van der Waals surface area (Å²) in [5.74, 6) is 0.172. The molecule has 1 aromatic carbocycles. The van der Waals surface area contributed by atoms with Gasteiger partial charge in [-0.15, -0.1) is 0 Å². The molecule has 0 aliphatic carbocycles. The van der Waals surface area contributed by atoms with Crippen molar-refractivity contribution in [1.29, 1.82) is 0 Å². The Bertz CT molecular complexity index is 474. The quantitative estimate of drug-likeness (QED) is 0.916. The third kappa shape index (κ3) is 2.29. The number of anilines is 2. The summed E-state index contributed by atoms with van der Waals surface area (Å²) in [5.41, 5.74) is 7.62. The van der Waals surface area contributed by atoms with E-state index < -0.39 is 5.41 Å². The van der Waals surface area contributed by atoms with Gasteiger partial charge in [0, 0.05) is 26.7 Å². The normalized spacial score (nSPS) is 15.2. The molecule has 0 saturated heterocycles. The number of hydrogen-bond acceptors (Lipinski definition) is 3. The third-order valence-corrected chi connectivity index (χ3v) is 4.69. The molecular formula is C16H25N3O. The summed E-state index contributed by atoms with van der Waals surface area (Å²) >= 11 is 0. The van der Waals surface area contributed by atoms with Gasteiger partial charge in [0.05, 0.1) is 16.8 Å². The SMILES string of the molecule is CCC(CC)(CN)C(=O)N1CCN(C)c2ccccc21. The Labute approximate surface area is 121 Å². The molecule has 4 heteroatoms. The van der Waals surface area contributed by atoms with Crippen molar-refractivity contribution in [1.82, 2.24) is 0 Å². The Balaban J connectivity index is 2.39. The van der Waals surface area contributed by atoms with Crippen LogP contribution in [0.15, 0.2) is 24.3 Å². The van der Waals surface area contributed by atoms with Gasteiger partial charge >= 0.3 is 0 Å². The van der Waals surface area contributed by atoms with E-state index in [1.54, 1.807) is 0 Å². The average Bonchev–Trinajstić information content (AvgIpc) is 2.50. The van der Waals surface area contributed by atoms with Crippen LogP contribution in [0, 0.1) is 5.41 Å². The van der Waals surface area contributed by atoms with Crippen LogP contribution in [0.4, 0.5) is 11.4 Å². The molecule has 0 saturated carbocycles. The van der Waals surface area contributed by atoms with Gasteiger partial charge in [-0.05, 0) is 25.0 Å². The van der Waals surface area contributed by atoms with Gasteiger partial charge in [-0.2, -0.15) is 0 Å². The minimum Gasteiger partial charge on any atom is -0.371 e. The second-order valence-corrected chi connectivity index (χ2v) is 5.56. The molecule has 0 spiro atoms. The molecule has 0 fully saturated rings. The fourth-order valence-corrected chi connectivity index (χ4v) is 2.93. The molecule has 0 bridgehead atoms. The zero-order valence-electron chi connectivity index (χ0n) is 12.7. The first kappa shape index (κ1) is 14.9. The second-order valence-electron chi connectivity index (χ2n) is 5.56. The van der Waals surface area contributed by atoms with Gasteiger partial charge in [0.1, 0.15) is 0 Å². The Morgan fingerprint density at radius 2 is 1.80 bits per heavy atom. The van der Waals surface area contributed by atoms with Crippen LogP contribution in [-0.4, -0.2) is 32.6 Å². The van der Waals surface area contributed by atoms with Gasteiger partial charge < -0.3 is 15.5 Å². The fourth-order valence-electron chi connectivity index (χ4n) is 2.93. The first-order valence-corrected chi connectivity index (χ1v) is 7.42. The molecule has 1 aliphatic heterocycles. The summed E-state index contributed by atoms with van der Waals surface area (Å²) in [6, 6.07) is 8.09. The van der Waals surface area contributed by atoms with E-state index in [1.165, 1.54) is 0 Å². The molecule has 1 heterocycles. The number of carbonyl (C=O) groups is 1. The Hall–Kier alpha value is -1.55. The zero-order valence-corrected chi connectivity index (χ0v) is 12.7. The number of benzene rings is 1. The topological polar surface area (TPSA) is 49.6 Å². The molecule has 20 heavy (non-hydrogen) atoms. The van der Waals surface area contributed by atoms with E-state index in [4.69, 9.17) is 5.73 Å². The first-order valence-electron chi connectivity index (χ1n) is 7.42. The van der Waals surface area contributed by atoms with Crippen LogP contribution in [0.1, 0.15) is 26.7 Å². The Morgan fingerprint density at radius 1 is 1.20 bits per heavy atom. The molecule has 1 aliphatic rings. The van der Waals surface area contributed by atoms with E-state index in [-0.39, 0.29) is 5.91 Å². The molecule has 1 amide bonds. The van der Waals surface area contributed by atoms with Crippen LogP contribution in [0.25, 0.3) is 0 Å². The lowest BCUT2D eigenvalue weighted by atomic mass is 9.80. The van der Waals surface area contributed by atoms with Gasteiger partial charge in [-0.25, -0.2) is 0 Å². The second kappa shape index (κ2) is 5.83. The first-order chi connectivity index (χ1) is 9.59. The van der Waals surface area contributed by atoms with Gasteiger partial charge in [-0.3, -0.25) is 4.79 Å². The van der Waals surface area contributed by atoms with Gasteiger partial charge in [-0.1, -0.05) is 26.0 Å². The van der Waals surface area contributed by atoms with E-state index in [2.05, 4.69) is 31.9 Å². The van der Waals surface area contributed by atoms with Crippen molar-refractivity contribution in [3.63, 3.8) is 0 Å². The molecule has 0 radical (unpaired) electrons. The summed E-state index contributed by atoms with van der Waals surface area (Å²) in [4.78, 5) is 17.1. The lowest BCUT2D eigenvalue weighted by molar-refractivity contribution is -0.128. The van der Waals surface area contributed by atoms with Gasteiger partial charge in [0.2, 0.25) is 5.91 Å². The highest BCUT2D eigenvalue weighted by molar-refractivity contribution is 6.01. The number of hydrogen-bond donors (Lipinski definition) is 1. The largest absolute Gasteiger partial charge is 0.371 e. The van der Waals surface area contributed by atoms with Crippen molar-refractivity contribution in [2.24, 2.45) is 11.1 Å². The molecule has 0 unspecified atom stereocenters. The molecule has 2 N–H and O–H groups in total. The maximum Gasteiger partial charge on any atom is 0.234 e. The summed E-state index contributed by atoms with van der Waals surface area (Å²) in [6.45, 7) is 6.10. The third-order valence-electron chi connectivity index (χ3n) is 4.69. The van der Waals surface area contributed by atoms with Crippen LogP contribution in [-0.2, 0) is 4.79 Å². The minimum atomic E-state index is -0.428. The maximum absolute atomic E-state index is 13.0. The van der Waals surface area contributed by atoms with Crippen LogP contribution in [0.5, 0.6) is 0 Å². The van der Waals surface area contributed by atoms with Crippen molar-refractivity contribution < 1.29 is 4.79 Å². The molecule has 2 rings (SSSR count).